The first kappa shape index (κ1) is 15.0. The summed E-state index contributed by atoms with van der Waals surface area (Å²) in [5.41, 5.74) is 3.36. The molecule has 5 nitrogen and oxygen atoms in total. The fourth-order valence-corrected chi connectivity index (χ4v) is 2.11. The number of hydrogen-bond acceptors (Lipinski definition) is 4. The van der Waals surface area contributed by atoms with Crippen molar-refractivity contribution in [2.24, 2.45) is 0 Å². The molecule has 1 amide bonds. The molecule has 0 aromatic carbocycles. The number of carbonyl (C=O) groups is 1. The van der Waals surface area contributed by atoms with E-state index in [0.29, 0.717) is 12.1 Å². The zero-order chi connectivity index (χ0) is 15.2. The van der Waals surface area contributed by atoms with Crippen LogP contribution in [0.4, 0.5) is 5.69 Å². The second kappa shape index (κ2) is 6.83. The highest BCUT2D eigenvalue weighted by Gasteiger charge is 2.16. The smallest absolute Gasteiger partial charge is 0.257 e. The van der Waals surface area contributed by atoms with Gasteiger partial charge < -0.3 is 10.2 Å². The van der Waals surface area contributed by atoms with Gasteiger partial charge in [-0.15, -0.1) is 0 Å². The molecule has 110 valence electrons. The number of pyridine rings is 2. The normalized spacial score (nSPS) is 10.2. The Bertz CT molecular complexity index is 613. The van der Waals surface area contributed by atoms with Gasteiger partial charge in [-0.2, -0.15) is 0 Å². The molecule has 0 fully saturated rings. The molecule has 0 saturated heterocycles. The molecule has 21 heavy (non-hydrogen) atoms. The third-order valence-electron chi connectivity index (χ3n) is 3.15. The maximum Gasteiger partial charge on any atom is 0.257 e. The molecule has 0 aliphatic carbocycles. The summed E-state index contributed by atoms with van der Waals surface area (Å²) in [6, 6.07) is 5.71. The summed E-state index contributed by atoms with van der Waals surface area (Å²) in [4.78, 5) is 22.5. The number of nitrogens with one attached hydrogen (secondary N) is 1. The number of amides is 1. The quantitative estimate of drug-likeness (QED) is 0.916. The zero-order valence-electron chi connectivity index (χ0n) is 12.6. The highest BCUT2D eigenvalue weighted by atomic mass is 16.2. The Hall–Kier alpha value is -2.43. The van der Waals surface area contributed by atoms with Gasteiger partial charge in [0.1, 0.15) is 0 Å². The molecule has 0 aliphatic rings. The van der Waals surface area contributed by atoms with E-state index >= 15 is 0 Å². The first-order valence-corrected chi connectivity index (χ1v) is 6.96. The van der Waals surface area contributed by atoms with Crippen molar-refractivity contribution in [3.8, 4) is 0 Å². The largest absolute Gasteiger partial charge is 0.385 e. The summed E-state index contributed by atoms with van der Waals surface area (Å²) in [6.07, 6.45) is 5.09. The van der Waals surface area contributed by atoms with Gasteiger partial charge in [-0.25, -0.2) is 0 Å². The Balaban J connectivity index is 2.19. The van der Waals surface area contributed by atoms with Crippen LogP contribution < -0.4 is 5.32 Å². The number of anilines is 1. The Morgan fingerprint density at radius 2 is 2.05 bits per heavy atom. The van der Waals surface area contributed by atoms with Crippen LogP contribution in [-0.4, -0.2) is 34.4 Å². The highest BCUT2D eigenvalue weighted by Crippen LogP contribution is 2.18. The molecule has 2 aromatic rings. The van der Waals surface area contributed by atoms with E-state index in [-0.39, 0.29) is 5.91 Å². The minimum absolute atomic E-state index is 0.0461. The van der Waals surface area contributed by atoms with Crippen molar-refractivity contribution >= 4 is 11.6 Å². The number of rotatable bonds is 5. The molecule has 5 heteroatoms. The number of aromatic nitrogens is 2. The molecule has 1 N–H and O–H groups in total. The molecule has 2 rings (SSSR count). The number of hydrogen-bond donors (Lipinski definition) is 1. The summed E-state index contributed by atoms with van der Waals surface area (Å²) < 4.78 is 0. The van der Waals surface area contributed by atoms with E-state index in [1.54, 1.807) is 30.5 Å². The van der Waals surface area contributed by atoms with Crippen LogP contribution in [0.2, 0.25) is 0 Å². The predicted octanol–water partition coefficient (Wildman–Crippen LogP) is 2.49. The Morgan fingerprint density at radius 1 is 1.33 bits per heavy atom. The summed E-state index contributed by atoms with van der Waals surface area (Å²) in [7, 11) is 1.79. The first-order valence-electron chi connectivity index (χ1n) is 6.96. The van der Waals surface area contributed by atoms with E-state index in [1.807, 2.05) is 32.0 Å². The molecule has 0 aliphatic heterocycles. The maximum atomic E-state index is 12.6. The van der Waals surface area contributed by atoms with Gasteiger partial charge in [0.05, 0.1) is 11.3 Å². The molecule has 0 unspecified atom stereocenters. The molecule has 0 atom stereocenters. The highest BCUT2D eigenvalue weighted by molar-refractivity contribution is 5.99. The average molecular weight is 284 g/mol. The monoisotopic (exact) mass is 284 g/mol. The summed E-state index contributed by atoms with van der Waals surface area (Å²) in [6.45, 7) is 5.22. The molecular formula is C16H20N4O. The van der Waals surface area contributed by atoms with Crippen LogP contribution in [0.15, 0.2) is 36.8 Å². The number of aryl methyl sites for hydroxylation is 1. The zero-order valence-corrected chi connectivity index (χ0v) is 12.6. The average Bonchev–Trinajstić information content (AvgIpc) is 2.48. The van der Waals surface area contributed by atoms with E-state index in [2.05, 4.69) is 15.3 Å². The Labute approximate surface area is 125 Å². The predicted molar refractivity (Wildman–Crippen MR) is 83.2 cm³/mol. The third kappa shape index (κ3) is 3.78. The van der Waals surface area contributed by atoms with Gasteiger partial charge in [-0.1, -0.05) is 0 Å². The molecular weight excluding hydrogens is 264 g/mol. The van der Waals surface area contributed by atoms with Gasteiger partial charge in [-0.05, 0) is 37.6 Å². The fraction of sp³-hybridized carbons (Fsp3) is 0.312. The van der Waals surface area contributed by atoms with Gasteiger partial charge in [0.25, 0.3) is 5.91 Å². The Morgan fingerprint density at radius 3 is 2.71 bits per heavy atom. The SMILES string of the molecule is CCNc1cc(C)ncc1C(=O)N(C)Cc1ccncc1. The van der Waals surface area contributed by atoms with E-state index in [9.17, 15) is 4.79 Å². The number of carbonyl (C=O) groups excluding carboxylic acids is 1. The molecule has 0 radical (unpaired) electrons. The standard InChI is InChI=1S/C16H20N4O/c1-4-18-15-9-12(2)19-10-14(15)16(21)20(3)11-13-5-7-17-8-6-13/h5-10H,4,11H2,1-3H3,(H,18,19). The van der Waals surface area contributed by atoms with Gasteiger partial charge in [-0.3, -0.25) is 14.8 Å². The van der Waals surface area contributed by atoms with Crippen molar-refractivity contribution in [1.82, 2.24) is 14.9 Å². The van der Waals surface area contributed by atoms with Crippen molar-refractivity contribution in [3.63, 3.8) is 0 Å². The maximum absolute atomic E-state index is 12.6. The van der Waals surface area contributed by atoms with Gasteiger partial charge >= 0.3 is 0 Å². The fourth-order valence-electron chi connectivity index (χ4n) is 2.11. The van der Waals surface area contributed by atoms with Crippen molar-refractivity contribution in [2.45, 2.75) is 20.4 Å². The summed E-state index contributed by atoms with van der Waals surface area (Å²) in [5, 5.41) is 3.22. The van der Waals surface area contributed by atoms with Crippen LogP contribution >= 0.6 is 0 Å². The van der Waals surface area contributed by atoms with Crippen molar-refractivity contribution in [3.05, 3.63) is 53.6 Å². The van der Waals surface area contributed by atoms with Crippen molar-refractivity contribution < 1.29 is 4.79 Å². The van der Waals surface area contributed by atoms with Crippen LogP contribution in [0.3, 0.4) is 0 Å². The lowest BCUT2D eigenvalue weighted by Crippen LogP contribution is -2.27. The topological polar surface area (TPSA) is 58.1 Å². The lowest BCUT2D eigenvalue weighted by Gasteiger charge is -2.19. The minimum atomic E-state index is -0.0461. The molecule has 0 spiro atoms. The third-order valence-corrected chi connectivity index (χ3v) is 3.15. The molecule has 0 bridgehead atoms. The second-order valence-corrected chi connectivity index (χ2v) is 4.92. The van der Waals surface area contributed by atoms with E-state index in [1.165, 1.54) is 0 Å². The van der Waals surface area contributed by atoms with E-state index in [0.717, 1.165) is 23.5 Å². The summed E-state index contributed by atoms with van der Waals surface area (Å²) >= 11 is 0. The second-order valence-electron chi connectivity index (χ2n) is 4.92. The van der Waals surface area contributed by atoms with Crippen LogP contribution in [0.1, 0.15) is 28.5 Å². The van der Waals surface area contributed by atoms with Gasteiger partial charge in [0.2, 0.25) is 0 Å². The Kier molecular flexibility index (Phi) is 4.87. The van der Waals surface area contributed by atoms with Gasteiger partial charge in [0.15, 0.2) is 0 Å². The number of nitrogens with zero attached hydrogens (tertiary/aromatic N) is 3. The lowest BCUT2D eigenvalue weighted by molar-refractivity contribution is 0.0785. The van der Waals surface area contributed by atoms with Crippen LogP contribution in [-0.2, 0) is 6.54 Å². The minimum Gasteiger partial charge on any atom is -0.385 e. The van der Waals surface area contributed by atoms with Crippen LogP contribution in [0.25, 0.3) is 0 Å². The molecule has 0 saturated carbocycles. The van der Waals surface area contributed by atoms with Crippen LogP contribution in [0.5, 0.6) is 0 Å². The molecule has 2 heterocycles. The lowest BCUT2D eigenvalue weighted by atomic mass is 10.1. The van der Waals surface area contributed by atoms with Crippen molar-refractivity contribution in [2.75, 3.05) is 18.9 Å². The molecule has 2 aromatic heterocycles. The van der Waals surface area contributed by atoms with E-state index < -0.39 is 0 Å². The van der Waals surface area contributed by atoms with Gasteiger partial charge in [0, 0.05) is 44.4 Å². The van der Waals surface area contributed by atoms with Crippen molar-refractivity contribution in [1.29, 1.82) is 0 Å². The first-order chi connectivity index (χ1) is 10.1. The summed E-state index contributed by atoms with van der Waals surface area (Å²) in [5.74, 6) is -0.0461. The van der Waals surface area contributed by atoms with Crippen LogP contribution in [0, 0.1) is 6.92 Å². The van der Waals surface area contributed by atoms with E-state index in [4.69, 9.17) is 0 Å².